The third kappa shape index (κ3) is 3.51. The number of aryl methyl sites for hydroxylation is 1. The molecule has 1 aromatic heterocycles. The molecule has 0 fully saturated rings. The number of hydrogen-bond donors (Lipinski definition) is 0. The van der Waals surface area contributed by atoms with Crippen molar-refractivity contribution in [2.75, 3.05) is 0 Å². The molecule has 0 aliphatic heterocycles. The zero-order valence-corrected chi connectivity index (χ0v) is 11.5. The van der Waals surface area contributed by atoms with E-state index in [-0.39, 0.29) is 11.0 Å². The molecule has 0 amide bonds. The van der Waals surface area contributed by atoms with Crippen LogP contribution in [-0.2, 0) is 5.41 Å². The van der Waals surface area contributed by atoms with Crippen molar-refractivity contribution in [3.63, 3.8) is 0 Å². The van der Waals surface area contributed by atoms with E-state index >= 15 is 0 Å². The summed E-state index contributed by atoms with van der Waals surface area (Å²) in [6, 6.07) is 4.15. The maximum Gasteiger partial charge on any atom is 0.217 e. The van der Waals surface area contributed by atoms with Crippen LogP contribution in [0.25, 0.3) is 0 Å². The minimum Gasteiger partial charge on any atom is -0.472 e. The van der Waals surface area contributed by atoms with Gasteiger partial charge in [-0.15, -0.1) is 0 Å². The Kier molecular flexibility index (Phi) is 3.32. The van der Waals surface area contributed by atoms with Gasteiger partial charge in [0.2, 0.25) is 5.88 Å². The van der Waals surface area contributed by atoms with E-state index < -0.39 is 0 Å². The lowest BCUT2D eigenvalue weighted by molar-refractivity contribution is 0.120. The van der Waals surface area contributed by atoms with Gasteiger partial charge < -0.3 is 4.74 Å². The molecule has 0 aliphatic carbocycles. The number of pyridine rings is 1. The fourth-order valence-corrected chi connectivity index (χ4v) is 1.47. The summed E-state index contributed by atoms with van der Waals surface area (Å²) in [5.74, 6) is 0.764. The van der Waals surface area contributed by atoms with Gasteiger partial charge in [-0.25, -0.2) is 4.98 Å². The van der Waals surface area contributed by atoms with Crippen molar-refractivity contribution < 1.29 is 4.74 Å². The molecule has 0 atom stereocenters. The van der Waals surface area contributed by atoms with Crippen LogP contribution < -0.4 is 4.74 Å². The van der Waals surface area contributed by atoms with Gasteiger partial charge in [-0.2, -0.15) is 0 Å². The summed E-state index contributed by atoms with van der Waals surface area (Å²) in [6.07, 6.45) is 0. The normalized spacial score (nSPS) is 12.7. The average molecular weight is 221 g/mol. The molecule has 0 bridgehead atoms. The molecule has 90 valence electrons. The molecular formula is C14H23NO. The molecule has 0 spiro atoms. The second-order valence-corrected chi connectivity index (χ2v) is 6.27. The Balaban J connectivity index is 3.19. The quantitative estimate of drug-likeness (QED) is 0.718. The maximum absolute atomic E-state index is 5.93. The monoisotopic (exact) mass is 221 g/mol. The van der Waals surface area contributed by atoms with Crippen LogP contribution >= 0.6 is 0 Å². The van der Waals surface area contributed by atoms with Crippen molar-refractivity contribution >= 4 is 0 Å². The number of hydrogen-bond acceptors (Lipinski definition) is 2. The van der Waals surface area contributed by atoms with Crippen LogP contribution in [0.1, 0.15) is 52.8 Å². The van der Waals surface area contributed by atoms with E-state index in [1.165, 1.54) is 0 Å². The van der Waals surface area contributed by atoms with E-state index in [2.05, 4.69) is 31.8 Å². The summed E-state index contributed by atoms with van der Waals surface area (Å²) >= 11 is 0. The van der Waals surface area contributed by atoms with Crippen molar-refractivity contribution in [3.05, 3.63) is 23.4 Å². The highest BCUT2D eigenvalue weighted by Gasteiger charge is 2.23. The molecule has 0 aliphatic rings. The highest BCUT2D eigenvalue weighted by atomic mass is 16.5. The summed E-state index contributed by atoms with van der Waals surface area (Å²) in [6.45, 7) is 14.6. The molecule has 2 nitrogen and oxygen atoms in total. The molecule has 1 rings (SSSR count). The van der Waals surface area contributed by atoms with Crippen LogP contribution in [0, 0.1) is 6.92 Å². The molecule has 1 heterocycles. The maximum atomic E-state index is 5.93. The molecule has 16 heavy (non-hydrogen) atoms. The van der Waals surface area contributed by atoms with Gasteiger partial charge in [0.05, 0.1) is 0 Å². The van der Waals surface area contributed by atoms with E-state index in [4.69, 9.17) is 4.74 Å². The second kappa shape index (κ2) is 4.08. The van der Waals surface area contributed by atoms with Crippen molar-refractivity contribution in [3.8, 4) is 5.88 Å². The van der Waals surface area contributed by atoms with Gasteiger partial charge >= 0.3 is 0 Å². The van der Waals surface area contributed by atoms with Crippen molar-refractivity contribution in [1.29, 1.82) is 0 Å². The fourth-order valence-electron chi connectivity index (χ4n) is 1.47. The Bertz CT molecular complexity index is 369. The predicted molar refractivity (Wildman–Crippen MR) is 68.1 cm³/mol. The molecule has 0 N–H and O–H groups in total. The van der Waals surface area contributed by atoms with E-state index in [1.807, 2.05) is 33.8 Å². The van der Waals surface area contributed by atoms with E-state index in [9.17, 15) is 0 Å². The van der Waals surface area contributed by atoms with Gasteiger partial charge in [0.15, 0.2) is 0 Å². The molecule has 0 unspecified atom stereocenters. The van der Waals surface area contributed by atoms with Crippen molar-refractivity contribution in [2.45, 2.75) is 59.5 Å². The van der Waals surface area contributed by atoms with E-state index in [0.29, 0.717) is 0 Å². The Morgan fingerprint density at radius 2 is 1.56 bits per heavy atom. The number of rotatable bonds is 1. The summed E-state index contributed by atoms with van der Waals surface area (Å²) < 4.78 is 5.93. The second-order valence-electron chi connectivity index (χ2n) is 6.27. The van der Waals surface area contributed by atoms with E-state index in [0.717, 1.165) is 17.1 Å². The summed E-state index contributed by atoms with van der Waals surface area (Å²) in [5.41, 5.74) is 2.00. The van der Waals surface area contributed by atoms with Gasteiger partial charge in [0, 0.05) is 11.3 Å². The van der Waals surface area contributed by atoms with Gasteiger partial charge in [-0.3, -0.25) is 0 Å². The standard InChI is InChI=1S/C14H23NO/c1-10-8-9-11(13(2,3)4)12(15-10)16-14(5,6)7/h8-9H,1-7H3. The molecule has 0 saturated carbocycles. The topological polar surface area (TPSA) is 22.1 Å². The van der Waals surface area contributed by atoms with Crippen LogP contribution in [0.2, 0.25) is 0 Å². The van der Waals surface area contributed by atoms with Gasteiger partial charge in [-0.1, -0.05) is 26.8 Å². The van der Waals surface area contributed by atoms with Gasteiger partial charge in [0.1, 0.15) is 5.60 Å². The summed E-state index contributed by atoms with van der Waals surface area (Å²) in [7, 11) is 0. The predicted octanol–water partition coefficient (Wildman–Crippen LogP) is 3.86. The highest BCUT2D eigenvalue weighted by Crippen LogP contribution is 2.31. The molecule has 2 heteroatoms. The first-order chi connectivity index (χ1) is 7.09. The highest BCUT2D eigenvalue weighted by molar-refractivity contribution is 5.34. The zero-order chi connectivity index (χ0) is 12.6. The Morgan fingerprint density at radius 1 is 1.00 bits per heavy atom. The Hall–Kier alpha value is -1.05. The lowest BCUT2D eigenvalue weighted by atomic mass is 9.87. The first-order valence-corrected chi connectivity index (χ1v) is 5.77. The van der Waals surface area contributed by atoms with Crippen molar-refractivity contribution in [1.82, 2.24) is 4.98 Å². The SMILES string of the molecule is Cc1ccc(C(C)(C)C)c(OC(C)(C)C)n1. The van der Waals surface area contributed by atoms with Crippen LogP contribution in [-0.4, -0.2) is 10.6 Å². The largest absolute Gasteiger partial charge is 0.472 e. The third-order valence-electron chi connectivity index (χ3n) is 2.21. The minimum absolute atomic E-state index is 0.0568. The molecule has 1 aromatic rings. The molecule has 0 aromatic carbocycles. The van der Waals surface area contributed by atoms with Crippen molar-refractivity contribution in [2.24, 2.45) is 0 Å². The molecule has 0 saturated heterocycles. The van der Waals surface area contributed by atoms with Crippen LogP contribution in [0.15, 0.2) is 12.1 Å². The number of nitrogens with zero attached hydrogens (tertiary/aromatic N) is 1. The first kappa shape index (κ1) is 13.0. The molecule has 0 radical (unpaired) electrons. The number of aromatic nitrogens is 1. The Morgan fingerprint density at radius 3 is 2.00 bits per heavy atom. The number of ether oxygens (including phenoxy) is 1. The van der Waals surface area contributed by atoms with Crippen LogP contribution in [0.4, 0.5) is 0 Å². The Labute approximate surface area is 99.0 Å². The third-order valence-corrected chi connectivity index (χ3v) is 2.21. The van der Waals surface area contributed by atoms with Gasteiger partial charge in [-0.05, 0) is 39.2 Å². The summed E-state index contributed by atoms with van der Waals surface area (Å²) in [4.78, 5) is 4.50. The van der Waals surface area contributed by atoms with E-state index in [1.54, 1.807) is 0 Å². The smallest absolute Gasteiger partial charge is 0.217 e. The van der Waals surface area contributed by atoms with Crippen LogP contribution in [0.5, 0.6) is 5.88 Å². The lowest BCUT2D eigenvalue weighted by Gasteiger charge is -2.27. The fraction of sp³-hybridized carbons (Fsp3) is 0.643. The first-order valence-electron chi connectivity index (χ1n) is 5.77. The van der Waals surface area contributed by atoms with Gasteiger partial charge in [0.25, 0.3) is 0 Å². The van der Waals surface area contributed by atoms with Crippen LogP contribution in [0.3, 0.4) is 0 Å². The minimum atomic E-state index is -0.208. The average Bonchev–Trinajstić information content (AvgIpc) is 1.97. The molecular weight excluding hydrogens is 198 g/mol. The lowest BCUT2D eigenvalue weighted by Crippen LogP contribution is -2.26. The summed E-state index contributed by atoms with van der Waals surface area (Å²) in [5, 5.41) is 0. The zero-order valence-electron chi connectivity index (χ0n) is 11.5.